The van der Waals surface area contributed by atoms with E-state index in [1.54, 1.807) is 0 Å². The molecule has 0 unspecified atom stereocenters. The first-order valence-corrected chi connectivity index (χ1v) is 12.7. The Balaban J connectivity index is 5.39. The van der Waals surface area contributed by atoms with Crippen LogP contribution in [0.25, 0.3) is 0 Å². The molecule has 0 heterocycles. The van der Waals surface area contributed by atoms with Crippen molar-refractivity contribution >= 4 is 7.92 Å². The first-order valence-electron chi connectivity index (χ1n) is 11.4. The molecule has 0 aliphatic carbocycles. The van der Waals surface area contributed by atoms with Crippen LogP contribution in [0.3, 0.4) is 0 Å². The van der Waals surface area contributed by atoms with Gasteiger partial charge in [0.05, 0.1) is 0 Å². The first-order chi connectivity index (χ1) is 11.5. The molecule has 0 aromatic carbocycles. The van der Waals surface area contributed by atoms with Crippen molar-refractivity contribution in [3.63, 3.8) is 0 Å². The molecule has 0 saturated carbocycles. The van der Waals surface area contributed by atoms with Gasteiger partial charge in [0.15, 0.2) is 0 Å². The van der Waals surface area contributed by atoms with Crippen molar-refractivity contribution in [3.05, 3.63) is 0 Å². The quantitative estimate of drug-likeness (QED) is 0.199. The van der Waals surface area contributed by atoms with Crippen LogP contribution in [0.1, 0.15) is 139 Å². The Labute approximate surface area is 163 Å². The fourth-order valence-corrected chi connectivity index (χ4v) is 11.3. The molecule has 0 bridgehead atoms. The van der Waals surface area contributed by atoms with E-state index >= 15 is 0 Å². The lowest BCUT2D eigenvalue weighted by atomic mass is 10.0. The highest BCUT2D eigenvalue weighted by molar-refractivity contribution is 7.62. The van der Waals surface area contributed by atoms with Crippen molar-refractivity contribution < 1.29 is 0 Å². The molecule has 0 aromatic heterocycles. The second kappa shape index (κ2) is 12.0. The van der Waals surface area contributed by atoms with Gasteiger partial charge in [-0.25, -0.2) is 0 Å². The number of hydrogen-bond donors (Lipinski definition) is 0. The van der Waals surface area contributed by atoms with Crippen LogP contribution in [-0.2, 0) is 0 Å². The van der Waals surface area contributed by atoms with Gasteiger partial charge in [-0.05, 0) is 34.7 Å². The van der Waals surface area contributed by atoms with Gasteiger partial charge in [0.2, 0.25) is 0 Å². The van der Waals surface area contributed by atoms with E-state index in [-0.39, 0.29) is 7.92 Å². The van der Waals surface area contributed by atoms with Gasteiger partial charge < -0.3 is 0 Å². The van der Waals surface area contributed by atoms with E-state index < -0.39 is 0 Å². The standard InChI is InChI=1S/C24H51P/c1-10-13-16-19-22(4,5)25(23(6,7)20-17-14-11-2)24(8,9)21-18-15-12-3/h10-21H2,1-9H3. The normalized spacial score (nSPS) is 13.7. The molecule has 0 N–H and O–H groups in total. The van der Waals surface area contributed by atoms with Crippen LogP contribution in [0, 0.1) is 0 Å². The third-order valence-corrected chi connectivity index (χ3v) is 10.3. The summed E-state index contributed by atoms with van der Waals surface area (Å²) >= 11 is 0. The van der Waals surface area contributed by atoms with Crippen molar-refractivity contribution in [1.29, 1.82) is 0 Å². The van der Waals surface area contributed by atoms with Crippen LogP contribution < -0.4 is 0 Å². The third kappa shape index (κ3) is 9.26. The molecule has 0 aliphatic heterocycles. The van der Waals surface area contributed by atoms with Crippen LogP contribution in [0.4, 0.5) is 0 Å². The Morgan fingerprint density at radius 3 is 0.880 bits per heavy atom. The Kier molecular flexibility index (Phi) is 12.2. The van der Waals surface area contributed by atoms with Crippen molar-refractivity contribution in [2.24, 2.45) is 0 Å². The minimum atomic E-state index is -0.0403. The van der Waals surface area contributed by atoms with E-state index in [1.165, 1.54) is 77.0 Å². The van der Waals surface area contributed by atoms with Gasteiger partial charge in [-0.3, -0.25) is 0 Å². The zero-order valence-electron chi connectivity index (χ0n) is 19.4. The zero-order chi connectivity index (χ0) is 19.6. The van der Waals surface area contributed by atoms with E-state index in [0.717, 1.165) is 0 Å². The summed E-state index contributed by atoms with van der Waals surface area (Å²) in [5.74, 6) is 0. The molecule has 0 aromatic rings. The monoisotopic (exact) mass is 370 g/mol. The minimum Gasteiger partial charge on any atom is -0.0893 e. The summed E-state index contributed by atoms with van der Waals surface area (Å²) in [6.45, 7) is 22.6. The molecule has 152 valence electrons. The average Bonchev–Trinajstić information content (AvgIpc) is 2.46. The van der Waals surface area contributed by atoms with Crippen LogP contribution in [0.5, 0.6) is 0 Å². The van der Waals surface area contributed by atoms with E-state index in [4.69, 9.17) is 0 Å². The highest BCUT2D eigenvalue weighted by Gasteiger charge is 2.47. The smallest absolute Gasteiger partial charge is 0.0141 e. The molecule has 0 aliphatic rings. The Morgan fingerprint density at radius 2 is 0.680 bits per heavy atom. The summed E-state index contributed by atoms with van der Waals surface area (Å²) in [6.07, 6.45) is 16.7. The molecule has 0 nitrogen and oxygen atoms in total. The molecule has 25 heavy (non-hydrogen) atoms. The maximum Gasteiger partial charge on any atom is -0.0141 e. The van der Waals surface area contributed by atoms with Crippen molar-refractivity contribution in [3.8, 4) is 0 Å². The van der Waals surface area contributed by atoms with Crippen LogP contribution in [-0.4, -0.2) is 15.5 Å². The average molecular weight is 371 g/mol. The summed E-state index contributed by atoms with van der Waals surface area (Å²) in [5.41, 5.74) is 0. The van der Waals surface area contributed by atoms with Gasteiger partial charge in [0.1, 0.15) is 0 Å². The highest BCUT2D eigenvalue weighted by Crippen LogP contribution is 2.71. The lowest BCUT2D eigenvalue weighted by Crippen LogP contribution is -2.40. The molecule has 0 spiro atoms. The molecule has 0 fully saturated rings. The number of unbranched alkanes of at least 4 members (excludes halogenated alkanes) is 6. The number of hydrogen-bond acceptors (Lipinski definition) is 0. The second-order valence-corrected chi connectivity index (χ2v) is 14.4. The topological polar surface area (TPSA) is 0 Å². The minimum absolute atomic E-state index is 0.0403. The molecule has 0 radical (unpaired) electrons. The predicted octanol–water partition coefficient (Wildman–Crippen LogP) is 9.54. The maximum absolute atomic E-state index is 2.61. The van der Waals surface area contributed by atoms with Crippen LogP contribution >= 0.6 is 7.92 Å². The summed E-state index contributed by atoms with van der Waals surface area (Å²) in [7, 11) is -0.0403. The highest BCUT2D eigenvalue weighted by atomic mass is 31.1. The van der Waals surface area contributed by atoms with E-state index in [2.05, 4.69) is 62.3 Å². The maximum atomic E-state index is 2.61. The summed E-state index contributed by atoms with van der Waals surface area (Å²) in [6, 6.07) is 0. The van der Waals surface area contributed by atoms with E-state index in [1.807, 2.05) is 0 Å². The predicted molar refractivity (Wildman–Crippen MR) is 122 cm³/mol. The van der Waals surface area contributed by atoms with Gasteiger partial charge in [-0.1, -0.05) is 128 Å². The third-order valence-electron chi connectivity index (χ3n) is 5.99. The number of rotatable bonds is 15. The molecular formula is C24H51P. The molecule has 1 heteroatoms. The molecule has 0 rings (SSSR count). The summed E-state index contributed by atoms with van der Waals surface area (Å²) in [4.78, 5) is 0. The Hall–Kier alpha value is 0.430. The van der Waals surface area contributed by atoms with Gasteiger partial charge in [0.25, 0.3) is 0 Å². The van der Waals surface area contributed by atoms with Crippen LogP contribution in [0.15, 0.2) is 0 Å². The zero-order valence-corrected chi connectivity index (χ0v) is 20.3. The lowest BCUT2D eigenvalue weighted by molar-refractivity contribution is 0.480. The molecule has 0 atom stereocenters. The van der Waals surface area contributed by atoms with Gasteiger partial charge >= 0.3 is 0 Å². The largest absolute Gasteiger partial charge is 0.0893 e. The fraction of sp³-hybridized carbons (Fsp3) is 1.00. The molecular weight excluding hydrogens is 319 g/mol. The van der Waals surface area contributed by atoms with E-state index in [0.29, 0.717) is 15.5 Å². The molecule has 0 saturated heterocycles. The van der Waals surface area contributed by atoms with Gasteiger partial charge in [-0.15, -0.1) is 0 Å². The van der Waals surface area contributed by atoms with Crippen molar-refractivity contribution in [2.45, 2.75) is 155 Å². The summed E-state index contributed by atoms with van der Waals surface area (Å²) < 4.78 is 0. The SMILES string of the molecule is CCCCCC(C)(C)P(C(C)(C)CCCCC)C(C)(C)CCCCC. The van der Waals surface area contributed by atoms with Crippen LogP contribution in [0.2, 0.25) is 0 Å². The Morgan fingerprint density at radius 1 is 0.440 bits per heavy atom. The van der Waals surface area contributed by atoms with Gasteiger partial charge in [-0.2, -0.15) is 0 Å². The van der Waals surface area contributed by atoms with E-state index in [9.17, 15) is 0 Å². The summed E-state index contributed by atoms with van der Waals surface area (Å²) in [5, 5.41) is 1.49. The fourth-order valence-electron chi connectivity index (χ4n) is 5.22. The van der Waals surface area contributed by atoms with Crippen molar-refractivity contribution in [1.82, 2.24) is 0 Å². The lowest BCUT2D eigenvalue weighted by Gasteiger charge is -2.54. The Bertz CT molecular complexity index is 275. The first kappa shape index (κ1) is 25.4. The van der Waals surface area contributed by atoms with Gasteiger partial charge in [0, 0.05) is 0 Å². The molecule has 0 amide bonds. The van der Waals surface area contributed by atoms with Crippen molar-refractivity contribution in [2.75, 3.05) is 0 Å². The second-order valence-electron chi connectivity index (χ2n) is 10.1.